The molecule has 4 nitrogen and oxygen atoms in total. The van der Waals surface area contributed by atoms with Gasteiger partial charge in [-0.2, -0.15) is 0 Å². The van der Waals surface area contributed by atoms with Gasteiger partial charge in [0.1, 0.15) is 5.75 Å². The summed E-state index contributed by atoms with van der Waals surface area (Å²) in [4.78, 5) is 14.9. The van der Waals surface area contributed by atoms with Crippen LogP contribution in [0.3, 0.4) is 0 Å². The number of aromatic nitrogens is 3. The standard InChI is InChI=1S/C46H39N3O/c1-2-3-4-15-32-50-38-30-28-37(29-31-38)46(41-22-13-11-20-39(41)40-21-12-14-23-42(40)46)36-26-24-35(25-27-36)45-48-43(33-16-7-5-8-17-33)47-44(49-45)34-18-9-6-10-19-34/h5-14,16-31H,2-4,15,32H2,1H3. The molecule has 0 N–H and O–H groups in total. The maximum absolute atomic E-state index is 6.18. The molecule has 4 heteroatoms. The number of nitrogens with zero attached hydrogens (tertiary/aromatic N) is 3. The van der Waals surface area contributed by atoms with E-state index < -0.39 is 5.41 Å². The van der Waals surface area contributed by atoms with Crippen LogP contribution in [0.1, 0.15) is 54.9 Å². The van der Waals surface area contributed by atoms with Crippen molar-refractivity contribution in [1.82, 2.24) is 15.0 Å². The number of rotatable bonds is 11. The highest BCUT2D eigenvalue weighted by Crippen LogP contribution is 2.56. The van der Waals surface area contributed by atoms with Gasteiger partial charge in [-0.15, -0.1) is 0 Å². The third-order valence-electron chi connectivity index (χ3n) is 9.78. The summed E-state index contributed by atoms with van der Waals surface area (Å²) in [6.45, 7) is 2.98. The zero-order valence-corrected chi connectivity index (χ0v) is 28.3. The van der Waals surface area contributed by atoms with Crippen LogP contribution in [0, 0.1) is 0 Å². The zero-order chi connectivity index (χ0) is 33.8. The van der Waals surface area contributed by atoms with Crippen LogP contribution in [-0.2, 0) is 5.41 Å². The molecule has 50 heavy (non-hydrogen) atoms. The molecule has 244 valence electrons. The fraction of sp³-hybridized carbons (Fsp3) is 0.152. The Kier molecular flexibility index (Phi) is 8.75. The summed E-state index contributed by atoms with van der Waals surface area (Å²) < 4.78 is 6.18. The molecule has 6 aromatic carbocycles. The molecule has 1 heterocycles. The lowest BCUT2D eigenvalue weighted by molar-refractivity contribution is 0.305. The highest BCUT2D eigenvalue weighted by molar-refractivity contribution is 5.86. The molecular formula is C46H39N3O. The van der Waals surface area contributed by atoms with Crippen LogP contribution in [0.4, 0.5) is 0 Å². The SMILES string of the molecule is CCCCCCOc1ccc(C2(c3ccc(-c4nc(-c5ccccc5)nc(-c5ccccc5)n4)cc3)c3ccccc3-c3ccccc32)cc1. The van der Waals surface area contributed by atoms with Crippen LogP contribution >= 0.6 is 0 Å². The maximum Gasteiger partial charge on any atom is 0.164 e. The van der Waals surface area contributed by atoms with Crippen molar-refractivity contribution >= 4 is 0 Å². The summed E-state index contributed by atoms with van der Waals surface area (Å²) in [6, 6.07) is 55.5. The Labute approximate surface area is 294 Å². The summed E-state index contributed by atoms with van der Waals surface area (Å²) in [5, 5.41) is 0. The molecule has 7 aromatic rings. The van der Waals surface area contributed by atoms with E-state index in [2.05, 4.69) is 104 Å². The number of ether oxygens (including phenoxy) is 1. The normalized spacial score (nSPS) is 12.7. The molecule has 1 aliphatic carbocycles. The van der Waals surface area contributed by atoms with E-state index in [1.54, 1.807) is 0 Å². The summed E-state index contributed by atoms with van der Waals surface area (Å²) in [7, 11) is 0. The first kappa shape index (κ1) is 31.4. The van der Waals surface area contributed by atoms with Gasteiger partial charge in [0.2, 0.25) is 0 Å². The minimum atomic E-state index is -0.505. The number of hydrogen-bond acceptors (Lipinski definition) is 4. The molecule has 0 unspecified atom stereocenters. The van der Waals surface area contributed by atoms with E-state index in [4.69, 9.17) is 19.7 Å². The van der Waals surface area contributed by atoms with E-state index in [0.717, 1.165) is 35.5 Å². The quantitative estimate of drug-likeness (QED) is 0.131. The Morgan fingerprint density at radius 2 is 0.880 bits per heavy atom. The lowest BCUT2D eigenvalue weighted by Gasteiger charge is -2.34. The van der Waals surface area contributed by atoms with Crippen molar-refractivity contribution in [3.8, 4) is 51.0 Å². The Morgan fingerprint density at radius 3 is 1.38 bits per heavy atom. The van der Waals surface area contributed by atoms with Crippen molar-refractivity contribution in [2.45, 2.75) is 38.0 Å². The Hall–Kier alpha value is -5.87. The summed E-state index contributed by atoms with van der Waals surface area (Å²) in [5.41, 5.74) is 9.82. The van der Waals surface area contributed by atoms with Crippen LogP contribution in [0.2, 0.25) is 0 Å². The van der Waals surface area contributed by atoms with Crippen molar-refractivity contribution in [1.29, 1.82) is 0 Å². The Morgan fingerprint density at radius 1 is 0.440 bits per heavy atom. The van der Waals surface area contributed by atoms with E-state index in [0.29, 0.717) is 17.5 Å². The van der Waals surface area contributed by atoms with Gasteiger partial charge in [-0.05, 0) is 51.9 Å². The molecular weight excluding hydrogens is 611 g/mol. The molecule has 0 amide bonds. The van der Waals surface area contributed by atoms with Gasteiger partial charge in [0.25, 0.3) is 0 Å². The average Bonchev–Trinajstić information content (AvgIpc) is 3.50. The minimum absolute atomic E-state index is 0.505. The molecule has 0 spiro atoms. The monoisotopic (exact) mass is 649 g/mol. The van der Waals surface area contributed by atoms with Gasteiger partial charge in [0.15, 0.2) is 17.5 Å². The van der Waals surface area contributed by atoms with Gasteiger partial charge in [0, 0.05) is 16.7 Å². The van der Waals surface area contributed by atoms with Crippen LogP contribution < -0.4 is 4.74 Å². The first-order valence-electron chi connectivity index (χ1n) is 17.7. The first-order valence-corrected chi connectivity index (χ1v) is 17.7. The molecule has 0 bridgehead atoms. The van der Waals surface area contributed by atoms with E-state index >= 15 is 0 Å². The zero-order valence-electron chi connectivity index (χ0n) is 28.3. The fourth-order valence-electron chi connectivity index (χ4n) is 7.35. The van der Waals surface area contributed by atoms with Crippen LogP contribution in [-0.4, -0.2) is 21.6 Å². The Balaban J connectivity index is 1.23. The van der Waals surface area contributed by atoms with E-state index in [-0.39, 0.29) is 0 Å². The van der Waals surface area contributed by atoms with Crippen molar-refractivity contribution in [3.05, 3.63) is 180 Å². The van der Waals surface area contributed by atoms with Gasteiger partial charge in [0.05, 0.1) is 12.0 Å². The lowest BCUT2D eigenvalue weighted by Crippen LogP contribution is -2.28. The molecule has 8 rings (SSSR count). The van der Waals surface area contributed by atoms with Gasteiger partial charge in [-0.25, -0.2) is 15.0 Å². The van der Waals surface area contributed by atoms with Crippen LogP contribution in [0.5, 0.6) is 5.75 Å². The second-order valence-corrected chi connectivity index (χ2v) is 12.9. The molecule has 1 aliphatic rings. The summed E-state index contributed by atoms with van der Waals surface area (Å²) in [5.74, 6) is 2.86. The lowest BCUT2D eigenvalue weighted by atomic mass is 9.67. The number of benzene rings is 6. The van der Waals surface area contributed by atoms with Crippen molar-refractivity contribution < 1.29 is 4.74 Å². The largest absolute Gasteiger partial charge is 0.494 e. The second-order valence-electron chi connectivity index (χ2n) is 12.9. The van der Waals surface area contributed by atoms with Gasteiger partial charge in [-0.3, -0.25) is 0 Å². The van der Waals surface area contributed by atoms with Crippen molar-refractivity contribution in [2.24, 2.45) is 0 Å². The van der Waals surface area contributed by atoms with E-state index in [9.17, 15) is 0 Å². The molecule has 0 saturated heterocycles. The average molecular weight is 650 g/mol. The molecule has 0 fully saturated rings. The fourth-order valence-corrected chi connectivity index (χ4v) is 7.35. The van der Waals surface area contributed by atoms with Crippen molar-refractivity contribution in [2.75, 3.05) is 6.61 Å². The molecule has 0 saturated carbocycles. The predicted octanol–water partition coefficient (Wildman–Crippen LogP) is 11.2. The smallest absolute Gasteiger partial charge is 0.164 e. The molecule has 0 atom stereocenters. The predicted molar refractivity (Wildman–Crippen MR) is 203 cm³/mol. The van der Waals surface area contributed by atoms with E-state index in [1.807, 2.05) is 60.7 Å². The minimum Gasteiger partial charge on any atom is -0.494 e. The summed E-state index contributed by atoms with van der Waals surface area (Å²) in [6.07, 6.45) is 4.75. The summed E-state index contributed by atoms with van der Waals surface area (Å²) >= 11 is 0. The molecule has 0 radical (unpaired) electrons. The molecule has 0 aliphatic heterocycles. The van der Waals surface area contributed by atoms with Crippen LogP contribution in [0.25, 0.3) is 45.3 Å². The second kappa shape index (κ2) is 13.9. The van der Waals surface area contributed by atoms with Gasteiger partial charge < -0.3 is 4.74 Å². The molecule has 1 aromatic heterocycles. The third-order valence-corrected chi connectivity index (χ3v) is 9.78. The van der Waals surface area contributed by atoms with Crippen molar-refractivity contribution in [3.63, 3.8) is 0 Å². The third kappa shape index (κ3) is 5.77. The highest BCUT2D eigenvalue weighted by Gasteiger charge is 2.45. The first-order chi connectivity index (χ1) is 24.8. The maximum atomic E-state index is 6.18. The highest BCUT2D eigenvalue weighted by atomic mass is 16.5. The number of fused-ring (bicyclic) bond motifs is 3. The van der Waals surface area contributed by atoms with E-state index in [1.165, 1.54) is 52.6 Å². The number of hydrogen-bond donors (Lipinski definition) is 0. The Bertz CT molecular complexity index is 2110. The topological polar surface area (TPSA) is 47.9 Å². The van der Waals surface area contributed by atoms with Crippen LogP contribution in [0.15, 0.2) is 158 Å². The van der Waals surface area contributed by atoms with Gasteiger partial charge >= 0.3 is 0 Å². The van der Waals surface area contributed by atoms with Gasteiger partial charge in [-0.1, -0.05) is 172 Å². The number of unbranched alkanes of at least 4 members (excludes halogenated alkanes) is 3.